The highest BCUT2D eigenvalue weighted by Crippen LogP contribution is 2.20. The van der Waals surface area contributed by atoms with E-state index in [0.29, 0.717) is 0 Å². The molecule has 0 unspecified atom stereocenters. The van der Waals surface area contributed by atoms with Crippen LogP contribution in [-0.2, 0) is 4.79 Å². The van der Waals surface area contributed by atoms with Crippen LogP contribution >= 0.6 is 12.4 Å². The van der Waals surface area contributed by atoms with Crippen molar-refractivity contribution in [2.75, 3.05) is 17.2 Å². The Hall–Kier alpha value is -2.85. The maximum Gasteiger partial charge on any atom is 0.243 e. The van der Waals surface area contributed by atoms with Gasteiger partial charge in [-0.05, 0) is 47.5 Å². The minimum Gasteiger partial charge on any atom is -0.376 e. The molecule has 122 valence electrons. The second-order valence-electron chi connectivity index (χ2n) is 5.08. The van der Waals surface area contributed by atoms with Crippen LogP contribution in [0, 0.1) is 0 Å². The fourth-order valence-electron chi connectivity index (χ4n) is 2.23. The maximum atomic E-state index is 12.0. The smallest absolute Gasteiger partial charge is 0.243 e. The van der Waals surface area contributed by atoms with Gasteiger partial charge in [-0.25, -0.2) is 0 Å². The van der Waals surface area contributed by atoms with E-state index in [9.17, 15) is 4.79 Å². The fraction of sp³-hybridized carbons (Fsp3) is 0.0526. The van der Waals surface area contributed by atoms with Crippen LogP contribution in [-0.4, -0.2) is 17.4 Å². The van der Waals surface area contributed by atoms with Crippen molar-refractivity contribution in [2.45, 2.75) is 0 Å². The first-order chi connectivity index (χ1) is 11.3. The molecule has 0 aliphatic rings. The van der Waals surface area contributed by atoms with Gasteiger partial charge in [0, 0.05) is 23.8 Å². The molecule has 3 rings (SSSR count). The van der Waals surface area contributed by atoms with E-state index < -0.39 is 0 Å². The average molecular weight is 340 g/mol. The molecule has 2 aromatic carbocycles. The number of halogens is 1. The lowest BCUT2D eigenvalue weighted by molar-refractivity contribution is -0.114. The number of aromatic nitrogens is 1. The van der Waals surface area contributed by atoms with Gasteiger partial charge in [-0.3, -0.25) is 9.78 Å². The molecule has 3 aromatic rings. The number of pyridine rings is 1. The van der Waals surface area contributed by atoms with Gasteiger partial charge in [-0.1, -0.05) is 30.3 Å². The summed E-state index contributed by atoms with van der Waals surface area (Å²) in [5, 5.41) is 5.96. The quantitative estimate of drug-likeness (QED) is 0.731. The number of anilines is 2. The molecular formula is C19H18ClN3O. The van der Waals surface area contributed by atoms with E-state index in [1.165, 1.54) is 0 Å². The summed E-state index contributed by atoms with van der Waals surface area (Å²) in [6, 6.07) is 21.3. The van der Waals surface area contributed by atoms with Gasteiger partial charge in [0.1, 0.15) is 0 Å². The topological polar surface area (TPSA) is 54.0 Å². The van der Waals surface area contributed by atoms with Crippen molar-refractivity contribution >= 4 is 29.7 Å². The molecule has 0 aliphatic carbocycles. The monoisotopic (exact) mass is 339 g/mol. The molecule has 4 nitrogen and oxygen atoms in total. The third kappa shape index (κ3) is 4.83. The van der Waals surface area contributed by atoms with Crippen LogP contribution in [0.25, 0.3) is 11.1 Å². The Morgan fingerprint density at radius 3 is 2.08 bits per heavy atom. The number of hydrogen-bond acceptors (Lipinski definition) is 3. The molecule has 0 aliphatic heterocycles. The Labute approximate surface area is 147 Å². The van der Waals surface area contributed by atoms with Gasteiger partial charge < -0.3 is 10.6 Å². The van der Waals surface area contributed by atoms with Gasteiger partial charge >= 0.3 is 0 Å². The second kappa shape index (κ2) is 8.70. The number of carbonyl (C=O) groups is 1. The molecule has 24 heavy (non-hydrogen) atoms. The third-order valence-electron chi connectivity index (χ3n) is 3.41. The molecule has 0 fully saturated rings. The lowest BCUT2D eigenvalue weighted by Crippen LogP contribution is -2.21. The van der Waals surface area contributed by atoms with Crippen LogP contribution in [0.2, 0.25) is 0 Å². The first kappa shape index (κ1) is 17.5. The molecule has 2 N–H and O–H groups in total. The highest BCUT2D eigenvalue weighted by atomic mass is 35.5. The first-order valence-electron chi connectivity index (χ1n) is 7.40. The molecular weight excluding hydrogens is 322 g/mol. The van der Waals surface area contributed by atoms with E-state index in [1.54, 1.807) is 12.4 Å². The molecule has 0 saturated carbocycles. The van der Waals surface area contributed by atoms with Gasteiger partial charge in [0.25, 0.3) is 0 Å². The summed E-state index contributed by atoms with van der Waals surface area (Å²) in [4.78, 5) is 16.0. The van der Waals surface area contributed by atoms with Crippen LogP contribution in [0.3, 0.4) is 0 Å². The largest absolute Gasteiger partial charge is 0.376 e. The van der Waals surface area contributed by atoms with Gasteiger partial charge in [0.2, 0.25) is 5.91 Å². The summed E-state index contributed by atoms with van der Waals surface area (Å²) >= 11 is 0. The summed E-state index contributed by atoms with van der Waals surface area (Å²) in [5.41, 5.74) is 3.90. The van der Waals surface area contributed by atoms with E-state index in [0.717, 1.165) is 22.5 Å². The molecule has 0 radical (unpaired) electrons. The molecule has 0 bridgehead atoms. The zero-order chi connectivity index (χ0) is 15.9. The highest BCUT2D eigenvalue weighted by Gasteiger charge is 2.03. The van der Waals surface area contributed by atoms with Gasteiger partial charge in [-0.2, -0.15) is 0 Å². The molecule has 0 saturated heterocycles. The first-order valence-corrected chi connectivity index (χ1v) is 7.40. The number of rotatable bonds is 5. The number of amides is 1. The Kier molecular flexibility index (Phi) is 6.34. The number of benzene rings is 2. The van der Waals surface area contributed by atoms with Crippen LogP contribution < -0.4 is 10.6 Å². The van der Waals surface area contributed by atoms with Crippen molar-refractivity contribution in [2.24, 2.45) is 0 Å². The summed E-state index contributed by atoms with van der Waals surface area (Å²) in [7, 11) is 0. The number of carbonyl (C=O) groups excluding carboxylic acids is 1. The van der Waals surface area contributed by atoms with Crippen molar-refractivity contribution in [3.63, 3.8) is 0 Å². The summed E-state index contributed by atoms with van der Waals surface area (Å²) in [5.74, 6) is -0.0782. The second-order valence-corrected chi connectivity index (χ2v) is 5.08. The zero-order valence-corrected chi connectivity index (χ0v) is 13.8. The minimum atomic E-state index is -0.0782. The van der Waals surface area contributed by atoms with Crippen molar-refractivity contribution in [3.8, 4) is 11.1 Å². The molecule has 1 amide bonds. The Morgan fingerprint density at radius 2 is 1.42 bits per heavy atom. The van der Waals surface area contributed by atoms with E-state index in [1.807, 2.05) is 66.7 Å². The number of nitrogens with zero attached hydrogens (tertiary/aromatic N) is 1. The van der Waals surface area contributed by atoms with Crippen LogP contribution in [0.4, 0.5) is 11.4 Å². The summed E-state index contributed by atoms with van der Waals surface area (Å²) in [6.45, 7) is 0.232. The van der Waals surface area contributed by atoms with Crippen molar-refractivity contribution < 1.29 is 4.79 Å². The van der Waals surface area contributed by atoms with Crippen LogP contribution in [0.1, 0.15) is 0 Å². The van der Waals surface area contributed by atoms with Crippen molar-refractivity contribution in [1.29, 1.82) is 0 Å². The standard InChI is InChI=1S/C19H17N3O.ClH/c23-19(14-21-17-4-2-1-3-5-17)22-18-8-6-15(7-9-18)16-10-12-20-13-11-16;/h1-13,21H,14H2,(H,22,23);1H. The van der Waals surface area contributed by atoms with E-state index >= 15 is 0 Å². The molecule has 5 heteroatoms. The van der Waals surface area contributed by atoms with E-state index in [-0.39, 0.29) is 24.9 Å². The zero-order valence-electron chi connectivity index (χ0n) is 13.0. The molecule has 0 atom stereocenters. The predicted octanol–water partition coefficient (Wildman–Crippen LogP) is 4.22. The van der Waals surface area contributed by atoms with Crippen molar-refractivity contribution in [3.05, 3.63) is 79.1 Å². The number of nitrogens with one attached hydrogen (secondary N) is 2. The molecule has 1 heterocycles. The summed E-state index contributed by atoms with van der Waals surface area (Å²) < 4.78 is 0. The highest BCUT2D eigenvalue weighted by molar-refractivity contribution is 5.94. The van der Waals surface area contributed by atoms with Gasteiger partial charge in [-0.15, -0.1) is 12.4 Å². The maximum absolute atomic E-state index is 12.0. The Balaban J connectivity index is 0.00000208. The Bertz CT molecular complexity index is 762. The minimum absolute atomic E-state index is 0. The van der Waals surface area contributed by atoms with Crippen molar-refractivity contribution in [1.82, 2.24) is 4.98 Å². The number of hydrogen-bond donors (Lipinski definition) is 2. The van der Waals surface area contributed by atoms with E-state index in [2.05, 4.69) is 15.6 Å². The van der Waals surface area contributed by atoms with E-state index in [4.69, 9.17) is 0 Å². The molecule has 0 spiro atoms. The summed E-state index contributed by atoms with van der Waals surface area (Å²) in [6.07, 6.45) is 3.53. The Morgan fingerprint density at radius 1 is 0.792 bits per heavy atom. The number of para-hydroxylation sites is 1. The van der Waals surface area contributed by atoms with Crippen LogP contribution in [0.15, 0.2) is 79.1 Å². The molecule has 1 aromatic heterocycles. The SMILES string of the molecule is Cl.O=C(CNc1ccccc1)Nc1ccc(-c2ccncc2)cc1. The fourth-order valence-corrected chi connectivity index (χ4v) is 2.23. The average Bonchev–Trinajstić information content (AvgIpc) is 2.62. The van der Waals surface area contributed by atoms with Crippen LogP contribution in [0.5, 0.6) is 0 Å². The predicted molar refractivity (Wildman–Crippen MR) is 100 cm³/mol. The third-order valence-corrected chi connectivity index (χ3v) is 3.41. The lowest BCUT2D eigenvalue weighted by atomic mass is 10.1. The van der Waals surface area contributed by atoms with Gasteiger partial charge in [0.15, 0.2) is 0 Å². The normalized spacial score (nSPS) is 9.67. The lowest BCUT2D eigenvalue weighted by Gasteiger charge is -2.08. The van der Waals surface area contributed by atoms with Gasteiger partial charge in [0.05, 0.1) is 6.54 Å².